The molecule has 0 aromatic carbocycles. The minimum atomic E-state index is -0.824. The maximum absolute atomic E-state index is 10.2. The second-order valence-electron chi connectivity index (χ2n) is 6.90. The molecule has 4 atom stereocenters. The molecule has 0 spiro atoms. The molecule has 2 rings (SSSR count). The van der Waals surface area contributed by atoms with Gasteiger partial charge in [0, 0.05) is 12.0 Å². The average molecular weight is 281 g/mol. The molecule has 2 N–H and O–H groups in total. The van der Waals surface area contributed by atoms with Gasteiger partial charge in [0.2, 0.25) is 6.41 Å². The largest absolute Gasteiger partial charge is 0.356 e. The van der Waals surface area contributed by atoms with E-state index in [1.165, 1.54) is 31.3 Å². The molecule has 0 aliphatic heterocycles. The van der Waals surface area contributed by atoms with E-state index in [-0.39, 0.29) is 6.10 Å². The van der Waals surface area contributed by atoms with Gasteiger partial charge in [-0.05, 0) is 44.9 Å². The quantitative estimate of drug-likeness (QED) is 0.598. The van der Waals surface area contributed by atoms with Crippen molar-refractivity contribution in [3.63, 3.8) is 0 Å². The number of aliphatic hydroxyl groups excluding tert-OH is 1. The van der Waals surface area contributed by atoms with Crippen molar-refractivity contribution in [2.24, 2.45) is 11.8 Å². The van der Waals surface area contributed by atoms with Crippen LogP contribution in [0.5, 0.6) is 0 Å². The van der Waals surface area contributed by atoms with Crippen LogP contribution in [-0.4, -0.2) is 23.7 Å². The lowest BCUT2D eigenvalue weighted by atomic mass is 9.78. The highest BCUT2D eigenvalue weighted by Gasteiger charge is 2.31. The first kappa shape index (κ1) is 16.0. The highest BCUT2D eigenvalue weighted by atomic mass is 16.6. The van der Waals surface area contributed by atoms with E-state index in [9.17, 15) is 5.11 Å². The van der Waals surface area contributed by atoms with Crippen LogP contribution in [0.2, 0.25) is 0 Å². The number of hydrogen-bond donors (Lipinski definition) is 2. The Morgan fingerprint density at radius 3 is 2.55 bits per heavy atom. The molecule has 0 amide bonds. The standard InChI is InChI=1S/C17H31NO2/c1-12(2)15-10-9-13(3)11-16(15)20-17(19)18-14-7-5-4-6-8-14/h13-19H,1,4-11H2,2-3H3/t13-,15+,16+,17?/m1/s1. The second-order valence-corrected chi connectivity index (χ2v) is 6.90. The predicted octanol–water partition coefficient (Wildman–Crippen LogP) is 3.58. The third kappa shape index (κ3) is 4.57. The molecule has 0 aromatic rings. The Labute approximate surface area is 123 Å². The van der Waals surface area contributed by atoms with E-state index < -0.39 is 6.41 Å². The first-order valence-electron chi connectivity index (χ1n) is 8.31. The molecular weight excluding hydrogens is 250 g/mol. The molecule has 0 heterocycles. The van der Waals surface area contributed by atoms with Crippen molar-refractivity contribution in [3.05, 3.63) is 12.2 Å². The normalized spacial score (nSPS) is 33.9. The zero-order chi connectivity index (χ0) is 14.5. The summed E-state index contributed by atoms with van der Waals surface area (Å²) in [6, 6.07) is 0.419. The van der Waals surface area contributed by atoms with Gasteiger partial charge in [-0.2, -0.15) is 0 Å². The SMILES string of the molecule is C=C(C)[C@@H]1CC[C@@H](C)C[C@@H]1OC(O)NC1CCCCC1. The summed E-state index contributed by atoms with van der Waals surface area (Å²) in [4.78, 5) is 0. The Bertz CT molecular complexity index is 312. The smallest absolute Gasteiger partial charge is 0.214 e. The third-order valence-corrected chi connectivity index (χ3v) is 4.97. The lowest BCUT2D eigenvalue weighted by molar-refractivity contribution is -0.179. The molecule has 3 heteroatoms. The molecule has 0 aromatic heterocycles. The van der Waals surface area contributed by atoms with Crippen molar-refractivity contribution >= 4 is 0 Å². The molecule has 116 valence electrons. The van der Waals surface area contributed by atoms with Crippen LogP contribution < -0.4 is 5.32 Å². The molecule has 0 saturated heterocycles. The summed E-state index contributed by atoms with van der Waals surface area (Å²) in [5.74, 6) is 1.08. The molecule has 2 fully saturated rings. The number of nitrogens with one attached hydrogen (secondary N) is 1. The van der Waals surface area contributed by atoms with E-state index in [2.05, 4.69) is 25.7 Å². The van der Waals surface area contributed by atoms with Gasteiger partial charge in [0.15, 0.2) is 0 Å². The van der Waals surface area contributed by atoms with E-state index in [1.807, 2.05) is 0 Å². The number of aliphatic hydroxyl groups is 1. The van der Waals surface area contributed by atoms with Gasteiger partial charge in [-0.15, -0.1) is 0 Å². The zero-order valence-electron chi connectivity index (χ0n) is 13.1. The van der Waals surface area contributed by atoms with Gasteiger partial charge in [0.25, 0.3) is 0 Å². The summed E-state index contributed by atoms with van der Waals surface area (Å²) in [6.45, 7) is 8.45. The summed E-state index contributed by atoms with van der Waals surface area (Å²) in [7, 11) is 0. The van der Waals surface area contributed by atoms with Gasteiger partial charge in [0.1, 0.15) is 0 Å². The molecule has 2 aliphatic rings. The van der Waals surface area contributed by atoms with Crippen molar-refractivity contribution in [1.29, 1.82) is 0 Å². The fourth-order valence-electron chi connectivity index (χ4n) is 3.72. The van der Waals surface area contributed by atoms with Crippen molar-refractivity contribution in [2.45, 2.75) is 83.8 Å². The molecular formula is C17H31NO2. The maximum atomic E-state index is 10.2. The van der Waals surface area contributed by atoms with E-state index in [0.717, 1.165) is 25.7 Å². The fraction of sp³-hybridized carbons (Fsp3) is 0.882. The number of rotatable bonds is 5. The van der Waals surface area contributed by atoms with Crippen LogP contribution in [0.1, 0.15) is 65.2 Å². The highest BCUT2D eigenvalue weighted by molar-refractivity contribution is 5.02. The van der Waals surface area contributed by atoms with Crippen molar-refractivity contribution < 1.29 is 9.84 Å². The average Bonchev–Trinajstić information content (AvgIpc) is 2.39. The van der Waals surface area contributed by atoms with E-state index >= 15 is 0 Å². The van der Waals surface area contributed by atoms with Crippen LogP contribution in [0, 0.1) is 11.8 Å². The highest BCUT2D eigenvalue weighted by Crippen LogP contribution is 2.35. The zero-order valence-corrected chi connectivity index (χ0v) is 13.1. The Hall–Kier alpha value is -0.380. The van der Waals surface area contributed by atoms with Crippen LogP contribution in [0.15, 0.2) is 12.2 Å². The van der Waals surface area contributed by atoms with Crippen molar-refractivity contribution in [3.8, 4) is 0 Å². The molecule has 0 bridgehead atoms. The molecule has 20 heavy (non-hydrogen) atoms. The summed E-state index contributed by atoms with van der Waals surface area (Å²) < 4.78 is 5.92. The van der Waals surface area contributed by atoms with Crippen molar-refractivity contribution in [1.82, 2.24) is 5.32 Å². The van der Waals surface area contributed by atoms with E-state index in [0.29, 0.717) is 17.9 Å². The molecule has 0 radical (unpaired) electrons. The lowest BCUT2D eigenvalue weighted by Crippen LogP contribution is -2.45. The van der Waals surface area contributed by atoms with Crippen molar-refractivity contribution in [2.75, 3.05) is 0 Å². The summed E-state index contributed by atoms with van der Waals surface area (Å²) >= 11 is 0. The molecule has 3 nitrogen and oxygen atoms in total. The summed E-state index contributed by atoms with van der Waals surface area (Å²) in [5, 5.41) is 13.4. The Morgan fingerprint density at radius 2 is 1.90 bits per heavy atom. The van der Waals surface area contributed by atoms with E-state index in [1.54, 1.807) is 0 Å². The lowest BCUT2D eigenvalue weighted by Gasteiger charge is -2.37. The molecule has 2 saturated carbocycles. The monoisotopic (exact) mass is 281 g/mol. The Kier molecular flexibility index (Phi) is 6.06. The Morgan fingerprint density at radius 1 is 1.20 bits per heavy atom. The topological polar surface area (TPSA) is 41.5 Å². The second kappa shape index (κ2) is 7.58. The molecule has 1 unspecified atom stereocenters. The van der Waals surface area contributed by atoms with Crippen LogP contribution in [0.3, 0.4) is 0 Å². The third-order valence-electron chi connectivity index (χ3n) is 4.97. The fourth-order valence-corrected chi connectivity index (χ4v) is 3.72. The molecule has 2 aliphatic carbocycles. The van der Waals surface area contributed by atoms with Crippen LogP contribution in [0.25, 0.3) is 0 Å². The summed E-state index contributed by atoms with van der Waals surface area (Å²) in [6.07, 6.45) is 8.86. The van der Waals surface area contributed by atoms with Gasteiger partial charge in [-0.3, -0.25) is 5.32 Å². The van der Waals surface area contributed by atoms with Gasteiger partial charge >= 0.3 is 0 Å². The predicted molar refractivity (Wildman–Crippen MR) is 82.2 cm³/mol. The van der Waals surface area contributed by atoms with Gasteiger partial charge in [0.05, 0.1) is 6.10 Å². The van der Waals surface area contributed by atoms with E-state index in [4.69, 9.17) is 4.74 Å². The minimum Gasteiger partial charge on any atom is -0.356 e. The maximum Gasteiger partial charge on any atom is 0.214 e. The number of hydrogen-bond acceptors (Lipinski definition) is 3. The van der Waals surface area contributed by atoms with Gasteiger partial charge in [-0.1, -0.05) is 38.3 Å². The summed E-state index contributed by atoms with van der Waals surface area (Å²) in [5.41, 5.74) is 1.19. The minimum absolute atomic E-state index is 0.113. The van der Waals surface area contributed by atoms with Crippen LogP contribution in [0.4, 0.5) is 0 Å². The first-order valence-corrected chi connectivity index (χ1v) is 8.31. The first-order chi connectivity index (χ1) is 9.56. The Balaban J connectivity index is 1.83. The number of ether oxygens (including phenoxy) is 1. The van der Waals surface area contributed by atoms with Gasteiger partial charge < -0.3 is 9.84 Å². The van der Waals surface area contributed by atoms with Crippen LogP contribution in [-0.2, 0) is 4.74 Å². The van der Waals surface area contributed by atoms with Crippen LogP contribution >= 0.6 is 0 Å². The van der Waals surface area contributed by atoms with Gasteiger partial charge in [-0.25, -0.2) is 0 Å².